The number of halogens is 4. The van der Waals surface area contributed by atoms with Crippen LogP contribution in [0.3, 0.4) is 0 Å². The van der Waals surface area contributed by atoms with E-state index in [0.29, 0.717) is 4.68 Å². The molecule has 0 fully saturated rings. The summed E-state index contributed by atoms with van der Waals surface area (Å²) in [6.07, 6.45) is -4.46. The second-order valence-electron chi connectivity index (χ2n) is 3.51. The Morgan fingerprint density at radius 1 is 1.28 bits per heavy atom. The highest BCUT2D eigenvalue weighted by molar-refractivity contribution is 5.59. The van der Waals surface area contributed by atoms with E-state index in [1.165, 1.54) is 12.1 Å². The molecule has 0 spiro atoms. The number of hydrogen-bond donors (Lipinski definition) is 1. The molecular formula is C9H7F4N5. The first kappa shape index (κ1) is 12.3. The summed E-state index contributed by atoms with van der Waals surface area (Å²) in [7, 11) is 0. The molecule has 0 aliphatic carbocycles. The lowest BCUT2D eigenvalue weighted by Crippen LogP contribution is -2.19. The van der Waals surface area contributed by atoms with E-state index in [-0.39, 0.29) is 17.1 Å². The molecule has 96 valence electrons. The van der Waals surface area contributed by atoms with E-state index in [0.717, 1.165) is 6.07 Å². The molecule has 0 saturated carbocycles. The highest BCUT2D eigenvalue weighted by atomic mass is 19.4. The Morgan fingerprint density at radius 3 is 2.61 bits per heavy atom. The van der Waals surface area contributed by atoms with E-state index in [1.54, 1.807) is 0 Å². The third-order valence-electron chi connectivity index (χ3n) is 2.12. The van der Waals surface area contributed by atoms with Crippen LogP contribution < -0.4 is 5.73 Å². The summed E-state index contributed by atoms with van der Waals surface area (Å²) < 4.78 is 50.5. The Labute approximate surface area is 98.2 Å². The molecule has 0 amide bonds. The number of tetrazole rings is 1. The van der Waals surface area contributed by atoms with Gasteiger partial charge in [0.1, 0.15) is 12.4 Å². The van der Waals surface area contributed by atoms with Crippen molar-refractivity contribution in [1.82, 2.24) is 20.2 Å². The van der Waals surface area contributed by atoms with Crippen LogP contribution in [0, 0.1) is 5.82 Å². The van der Waals surface area contributed by atoms with Crippen LogP contribution in [-0.4, -0.2) is 26.4 Å². The quantitative estimate of drug-likeness (QED) is 0.658. The molecule has 2 aromatic rings. The lowest BCUT2D eigenvalue weighted by molar-refractivity contribution is -0.142. The van der Waals surface area contributed by atoms with Crippen molar-refractivity contribution < 1.29 is 17.6 Å². The smallest absolute Gasteiger partial charge is 0.396 e. The van der Waals surface area contributed by atoms with Crippen molar-refractivity contribution in [1.29, 1.82) is 0 Å². The SMILES string of the molecule is Nc1ccc(-c2nnnn2CC(F)(F)F)cc1F. The van der Waals surface area contributed by atoms with Crippen molar-refractivity contribution in [3.05, 3.63) is 24.0 Å². The first-order valence-electron chi connectivity index (χ1n) is 4.75. The van der Waals surface area contributed by atoms with Crippen molar-refractivity contribution in [2.75, 3.05) is 5.73 Å². The molecule has 2 rings (SSSR count). The van der Waals surface area contributed by atoms with Gasteiger partial charge in [0.25, 0.3) is 0 Å². The number of nitrogen functional groups attached to an aromatic ring is 1. The monoisotopic (exact) mass is 261 g/mol. The van der Waals surface area contributed by atoms with Crippen molar-refractivity contribution in [3.63, 3.8) is 0 Å². The first-order chi connectivity index (χ1) is 8.37. The average molecular weight is 261 g/mol. The molecule has 0 aliphatic rings. The molecule has 18 heavy (non-hydrogen) atoms. The highest BCUT2D eigenvalue weighted by Crippen LogP contribution is 2.23. The Kier molecular flexibility index (Phi) is 2.89. The molecule has 1 aromatic heterocycles. The van der Waals surface area contributed by atoms with Gasteiger partial charge in [-0.1, -0.05) is 0 Å². The molecular weight excluding hydrogens is 254 g/mol. The van der Waals surface area contributed by atoms with Crippen LogP contribution >= 0.6 is 0 Å². The number of rotatable bonds is 2. The number of aromatic nitrogens is 4. The molecule has 0 aliphatic heterocycles. The number of nitrogens with zero attached hydrogens (tertiary/aromatic N) is 4. The highest BCUT2D eigenvalue weighted by Gasteiger charge is 2.30. The molecule has 1 aromatic carbocycles. The molecule has 1 heterocycles. The molecule has 0 unspecified atom stereocenters. The Bertz CT molecular complexity index is 562. The normalized spacial score (nSPS) is 11.8. The molecule has 0 radical (unpaired) electrons. The number of anilines is 1. The first-order valence-corrected chi connectivity index (χ1v) is 4.75. The zero-order valence-electron chi connectivity index (χ0n) is 8.82. The third kappa shape index (κ3) is 2.55. The minimum absolute atomic E-state index is 0.103. The van der Waals surface area contributed by atoms with Crippen LogP contribution in [0.25, 0.3) is 11.4 Å². The van der Waals surface area contributed by atoms with Gasteiger partial charge in [0.05, 0.1) is 5.69 Å². The van der Waals surface area contributed by atoms with Crippen molar-refractivity contribution in [2.24, 2.45) is 0 Å². The summed E-state index contributed by atoms with van der Waals surface area (Å²) in [5, 5.41) is 9.79. The zero-order valence-corrected chi connectivity index (χ0v) is 8.82. The van der Waals surface area contributed by atoms with Gasteiger partial charge in [-0.25, -0.2) is 9.07 Å². The fraction of sp³-hybridized carbons (Fsp3) is 0.222. The molecule has 5 nitrogen and oxygen atoms in total. The molecule has 9 heteroatoms. The van der Waals surface area contributed by atoms with E-state index in [1.807, 2.05) is 0 Å². The summed E-state index contributed by atoms with van der Waals surface area (Å²) in [5.74, 6) is -0.916. The number of hydrogen-bond acceptors (Lipinski definition) is 4. The van der Waals surface area contributed by atoms with Gasteiger partial charge < -0.3 is 5.73 Å². The van der Waals surface area contributed by atoms with Gasteiger partial charge in [-0.3, -0.25) is 0 Å². The van der Waals surface area contributed by atoms with E-state index in [2.05, 4.69) is 15.5 Å². The van der Waals surface area contributed by atoms with Crippen molar-refractivity contribution >= 4 is 5.69 Å². The lowest BCUT2D eigenvalue weighted by Gasteiger charge is -2.08. The van der Waals surface area contributed by atoms with Crippen molar-refractivity contribution in [2.45, 2.75) is 12.7 Å². The van der Waals surface area contributed by atoms with E-state index < -0.39 is 18.5 Å². The molecule has 0 atom stereocenters. The minimum Gasteiger partial charge on any atom is -0.396 e. The van der Waals surface area contributed by atoms with Crippen LogP contribution in [0.2, 0.25) is 0 Å². The fourth-order valence-electron chi connectivity index (χ4n) is 1.35. The van der Waals surface area contributed by atoms with Gasteiger partial charge in [-0.2, -0.15) is 13.2 Å². The van der Waals surface area contributed by atoms with Crippen LogP contribution in [-0.2, 0) is 6.54 Å². The maximum Gasteiger partial charge on any atom is 0.408 e. The van der Waals surface area contributed by atoms with Crippen LogP contribution in [0.4, 0.5) is 23.2 Å². The van der Waals surface area contributed by atoms with Gasteiger partial charge >= 0.3 is 6.18 Å². The van der Waals surface area contributed by atoms with Gasteiger partial charge in [0.15, 0.2) is 5.82 Å². The number of benzene rings is 1. The Morgan fingerprint density at radius 2 is 2.00 bits per heavy atom. The largest absolute Gasteiger partial charge is 0.408 e. The Balaban J connectivity index is 2.39. The Hall–Kier alpha value is -2.19. The average Bonchev–Trinajstić information content (AvgIpc) is 2.67. The maximum absolute atomic E-state index is 13.2. The van der Waals surface area contributed by atoms with Crippen LogP contribution in [0.15, 0.2) is 18.2 Å². The maximum atomic E-state index is 13.2. The summed E-state index contributed by atoms with van der Waals surface area (Å²) in [6.45, 7) is -1.35. The zero-order chi connectivity index (χ0) is 13.3. The molecule has 0 saturated heterocycles. The number of alkyl halides is 3. The van der Waals surface area contributed by atoms with Gasteiger partial charge in [-0.15, -0.1) is 5.10 Å². The minimum atomic E-state index is -4.46. The van der Waals surface area contributed by atoms with E-state index >= 15 is 0 Å². The predicted octanol–water partition coefficient (Wildman–Crippen LogP) is 1.62. The second-order valence-corrected chi connectivity index (χ2v) is 3.51. The molecule has 2 N–H and O–H groups in total. The summed E-state index contributed by atoms with van der Waals surface area (Å²) >= 11 is 0. The number of nitrogens with two attached hydrogens (primary N) is 1. The summed E-state index contributed by atoms with van der Waals surface area (Å²) in [4.78, 5) is 0. The van der Waals surface area contributed by atoms with E-state index in [9.17, 15) is 17.6 Å². The van der Waals surface area contributed by atoms with Crippen molar-refractivity contribution in [3.8, 4) is 11.4 Å². The van der Waals surface area contributed by atoms with Crippen LogP contribution in [0.1, 0.15) is 0 Å². The third-order valence-corrected chi connectivity index (χ3v) is 2.12. The van der Waals surface area contributed by atoms with Crippen LogP contribution in [0.5, 0.6) is 0 Å². The predicted molar refractivity (Wildman–Crippen MR) is 53.7 cm³/mol. The fourth-order valence-corrected chi connectivity index (χ4v) is 1.35. The summed E-state index contributed by atoms with van der Waals surface area (Å²) in [6, 6.07) is 3.56. The standard InChI is InChI=1S/C9H7F4N5/c10-6-3-5(1-2-7(6)14)8-15-16-17-18(8)4-9(11,12)13/h1-3H,4,14H2. The molecule has 0 bridgehead atoms. The second kappa shape index (κ2) is 4.24. The lowest BCUT2D eigenvalue weighted by atomic mass is 10.2. The topological polar surface area (TPSA) is 69.6 Å². The van der Waals surface area contributed by atoms with Gasteiger partial charge in [0.2, 0.25) is 0 Å². The van der Waals surface area contributed by atoms with Gasteiger partial charge in [-0.05, 0) is 28.6 Å². The summed E-state index contributed by atoms with van der Waals surface area (Å²) in [5.41, 5.74) is 5.29. The van der Waals surface area contributed by atoms with Gasteiger partial charge in [0, 0.05) is 5.56 Å². The van der Waals surface area contributed by atoms with E-state index in [4.69, 9.17) is 5.73 Å².